The smallest absolute Gasteiger partial charge is 0.254 e. The van der Waals surface area contributed by atoms with Crippen molar-refractivity contribution in [3.8, 4) is 0 Å². The highest BCUT2D eigenvalue weighted by Gasteiger charge is 2.38. The predicted octanol–water partition coefficient (Wildman–Crippen LogP) is -1.66. The molecule has 0 radical (unpaired) electrons. The Labute approximate surface area is 130 Å². The highest BCUT2D eigenvalue weighted by atomic mass is 16.4. The molecule has 130 valence electrons. The molecule has 0 fully saturated rings. The standard InChI is InChI=1S/C14H28N2O6/c1-3-5-7-16(8-6-4-2)14(22)12(20)10(18)9(17)11(19)13(15)21/h9-12,17-20H,3-8H2,1-2H3,(H2,15,21)/t9-,10-,11-,12-/m0/s1. The Bertz CT molecular complexity index is 344. The number of amides is 2. The second-order valence-corrected chi connectivity index (χ2v) is 5.31. The number of unbranched alkanes of at least 4 members (excludes halogenated alkanes) is 2. The van der Waals surface area contributed by atoms with E-state index in [0.717, 1.165) is 25.7 Å². The van der Waals surface area contributed by atoms with Crippen molar-refractivity contribution in [2.75, 3.05) is 13.1 Å². The van der Waals surface area contributed by atoms with Crippen LogP contribution < -0.4 is 5.73 Å². The van der Waals surface area contributed by atoms with Crippen LogP contribution in [0.2, 0.25) is 0 Å². The Balaban J connectivity index is 4.84. The molecule has 0 heterocycles. The summed E-state index contributed by atoms with van der Waals surface area (Å²) in [6.07, 6.45) is -4.82. The van der Waals surface area contributed by atoms with E-state index in [4.69, 9.17) is 5.73 Å². The van der Waals surface area contributed by atoms with Crippen LogP contribution in [0.4, 0.5) is 0 Å². The van der Waals surface area contributed by atoms with Gasteiger partial charge in [-0.25, -0.2) is 0 Å². The molecule has 0 aliphatic rings. The van der Waals surface area contributed by atoms with Gasteiger partial charge in [0.2, 0.25) is 5.91 Å². The second kappa shape index (κ2) is 10.5. The molecule has 0 aliphatic carbocycles. The van der Waals surface area contributed by atoms with E-state index in [2.05, 4.69) is 0 Å². The summed E-state index contributed by atoms with van der Waals surface area (Å²) in [4.78, 5) is 24.4. The zero-order valence-electron chi connectivity index (χ0n) is 13.2. The average molecular weight is 320 g/mol. The molecule has 0 aromatic rings. The van der Waals surface area contributed by atoms with Crippen LogP contribution in [0.1, 0.15) is 39.5 Å². The summed E-state index contributed by atoms with van der Waals surface area (Å²) in [6.45, 7) is 4.77. The van der Waals surface area contributed by atoms with Gasteiger partial charge in [0.25, 0.3) is 5.91 Å². The van der Waals surface area contributed by atoms with E-state index in [9.17, 15) is 30.0 Å². The zero-order valence-corrected chi connectivity index (χ0v) is 13.2. The number of primary amides is 1. The third-order valence-electron chi connectivity index (χ3n) is 3.42. The molecule has 0 unspecified atom stereocenters. The quantitative estimate of drug-likeness (QED) is 0.308. The number of carbonyl (C=O) groups excluding carboxylic acids is 2. The number of nitrogens with zero attached hydrogens (tertiary/aromatic N) is 1. The van der Waals surface area contributed by atoms with E-state index in [-0.39, 0.29) is 0 Å². The van der Waals surface area contributed by atoms with Gasteiger partial charge in [-0.15, -0.1) is 0 Å². The number of rotatable bonds is 11. The van der Waals surface area contributed by atoms with Crippen LogP contribution in [0.5, 0.6) is 0 Å². The SMILES string of the molecule is CCCCN(CCCC)C(=O)[C@@H](O)[C@@H](O)[C@H](O)[C@H](O)C(N)=O. The molecule has 0 saturated heterocycles. The van der Waals surface area contributed by atoms with Crippen molar-refractivity contribution in [1.82, 2.24) is 4.90 Å². The highest BCUT2D eigenvalue weighted by Crippen LogP contribution is 2.10. The lowest BCUT2D eigenvalue weighted by Crippen LogP contribution is -2.54. The lowest BCUT2D eigenvalue weighted by Gasteiger charge is -2.29. The molecule has 0 aromatic carbocycles. The van der Waals surface area contributed by atoms with E-state index in [0.29, 0.717) is 13.1 Å². The number of aliphatic hydroxyl groups excluding tert-OH is 4. The molecular weight excluding hydrogens is 292 g/mol. The maximum Gasteiger partial charge on any atom is 0.254 e. The summed E-state index contributed by atoms with van der Waals surface area (Å²) >= 11 is 0. The Morgan fingerprint density at radius 1 is 0.909 bits per heavy atom. The van der Waals surface area contributed by atoms with Gasteiger partial charge in [0.1, 0.15) is 12.2 Å². The maximum atomic E-state index is 12.2. The Morgan fingerprint density at radius 3 is 1.68 bits per heavy atom. The van der Waals surface area contributed by atoms with Crippen molar-refractivity contribution in [1.29, 1.82) is 0 Å². The second-order valence-electron chi connectivity index (χ2n) is 5.31. The van der Waals surface area contributed by atoms with Crippen LogP contribution in [0.3, 0.4) is 0 Å². The van der Waals surface area contributed by atoms with Crippen molar-refractivity contribution in [3.63, 3.8) is 0 Å². The summed E-state index contributed by atoms with van der Waals surface area (Å²) < 4.78 is 0. The lowest BCUT2D eigenvalue weighted by molar-refractivity contribution is -0.160. The summed E-state index contributed by atoms with van der Waals surface area (Å²) in [5.74, 6) is -2.00. The van der Waals surface area contributed by atoms with Crippen LogP contribution in [-0.2, 0) is 9.59 Å². The van der Waals surface area contributed by atoms with Gasteiger partial charge in [0, 0.05) is 13.1 Å². The number of nitrogens with two attached hydrogens (primary N) is 1. The number of hydrogen-bond donors (Lipinski definition) is 5. The fraction of sp³-hybridized carbons (Fsp3) is 0.857. The molecular formula is C14H28N2O6. The maximum absolute atomic E-state index is 12.2. The van der Waals surface area contributed by atoms with Crippen LogP contribution in [0, 0.1) is 0 Å². The van der Waals surface area contributed by atoms with Crippen molar-refractivity contribution in [3.05, 3.63) is 0 Å². The first-order chi connectivity index (χ1) is 10.3. The van der Waals surface area contributed by atoms with E-state index >= 15 is 0 Å². The summed E-state index contributed by atoms with van der Waals surface area (Å²) in [7, 11) is 0. The monoisotopic (exact) mass is 320 g/mol. The minimum Gasteiger partial charge on any atom is -0.387 e. The fourth-order valence-electron chi connectivity index (χ4n) is 1.91. The summed E-state index contributed by atoms with van der Waals surface area (Å²) in [5.41, 5.74) is 4.81. The molecule has 2 amide bonds. The average Bonchev–Trinajstić information content (AvgIpc) is 2.51. The fourth-order valence-corrected chi connectivity index (χ4v) is 1.91. The molecule has 0 spiro atoms. The molecule has 0 rings (SSSR count). The highest BCUT2D eigenvalue weighted by molar-refractivity contribution is 5.82. The van der Waals surface area contributed by atoms with Crippen LogP contribution >= 0.6 is 0 Å². The van der Waals surface area contributed by atoms with E-state index in [1.54, 1.807) is 0 Å². The third-order valence-corrected chi connectivity index (χ3v) is 3.42. The van der Waals surface area contributed by atoms with Crippen molar-refractivity contribution < 1.29 is 30.0 Å². The van der Waals surface area contributed by atoms with Crippen molar-refractivity contribution >= 4 is 11.8 Å². The van der Waals surface area contributed by atoms with Crippen molar-refractivity contribution in [2.24, 2.45) is 5.73 Å². The van der Waals surface area contributed by atoms with Gasteiger partial charge in [0.15, 0.2) is 12.2 Å². The number of carbonyl (C=O) groups is 2. The molecule has 0 bridgehead atoms. The van der Waals surface area contributed by atoms with Crippen molar-refractivity contribution in [2.45, 2.75) is 63.9 Å². The van der Waals surface area contributed by atoms with Gasteiger partial charge >= 0.3 is 0 Å². The number of hydrogen-bond acceptors (Lipinski definition) is 6. The van der Waals surface area contributed by atoms with Gasteiger partial charge in [-0.2, -0.15) is 0 Å². The topological polar surface area (TPSA) is 144 Å². The molecule has 8 nitrogen and oxygen atoms in total. The predicted molar refractivity (Wildman–Crippen MR) is 79.6 cm³/mol. The van der Waals surface area contributed by atoms with Crippen LogP contribution in [0.15, 0.2) is 0 Å². The molecule has 8 heteroatoms. The zero-order chi connectivity index (χ0) is 17.3. The van der Waals surface area contributed by atoms with Crippen LogP contribution in [-0.4, -0.2) is 74.6 Å². The third kappa shape index (κ3) is 6.27. The van der Waals surface area contributed by atoms with Gasteiger partial charge in [0.05, 0.1) is 0 Å². The molecule has 0 saturated carbocycles. The van der Waals surface area contributed by atoms with Gasteiger partial charge in [-0.3, -0.25) is 9.59 Å². The largest absolute Gasteiger partial charge is 0.387 e. The molecule has 0 aliphatic heterocycles. The Morgan fingerprint density at radius 2 is 1.32 bits per heavy atom. The summed E-state index contributed by atoms with van der Waals surface area (Å²) in [6, 6.07) is 0. The minimum atomic E-state index is -2.06. The van der Waals surface area contributed by atoms with E-state index in [1.807, 2.05) is 13.8 Å². The lowest BCUT2D eigenvalue weighted by atomic mass is 10.0. The Kier molecular flexibility index (Phi) is 9.91. The van der Waals surface area contributed by atoms with E-state index in [1.165, 1.54) is 4.90 Å². The number of aliphatic hydroxyl groups is 4. The molecule has 22 heavy (non-hydrogen) atoms. The minimum absolute atomic E-state index is 0.424. The first-order valence-corrected chi connectivity index (χ1v) is 7.58. The molecule has 4 atom stereocenters. The normalized spacial score (nSPS) is 16.6. The first-order valence-electron chi connectivity index (χ1n) is 7.58. The van der Waals surface area contributed by atoms with Gasteiger partial charge in [-0.1, -0.05) is 26.7 Å². The summed E-state index contributed by atoms with van der Waals surface area (Å²) in [5, 5.41) is 38.5. The van der Waals surface area contributed by atoms with Gasteiger partial charge < -0.3 is 31.1 Å². The van der Waals surface area contributed by atoms with E-state index < -0.39 is 36.2 Å². The molecule has 6 N–H and O–H groups in total. The first kappa shape index (κ1) is 20.8. The van der Waals surface area contributed by atoms with Gasteiger partial charge in [-0.05, 0) is 12.8 Å². The van der Waals surface area contributed by atoms with Crippen LogP contribution in [0.25, 0.3) is 0 Å². The Hall–Kier alpha value is -1.22. The molecule has 0 aromatic heterocycles.